The van der Waals surface area contributed by atoms with Crippen LogP contribution in [0, 0.1) is 0 Å². The molecule has 0 bridgehead atoms. The average molecular weight is 389 g/mol. The summed E-state index contributed by atoms with van der Waals surface area (Å²) >= 11 is 6.69. The van der Waals surface area contributed by atoms with Crippen molar-refractivity contribution in [2.75, 3.05) is 35.4 Å². The van der Waals surface area contributed by atoms with Gasteiger partial charge in [0.15, 0.2) is 0 Å². The molecule has 6 nitrogen and oxygen atoms in total. The summed E-state index contributed by atoms with van der Waals surface area (Å²) in [6.07, 6.45) is -2.40. The normalized spacial score (nSPS) is 16.6. The third kappa shape index (κ3) is 12.4. The van der Waals surface area contributed by atoms with Gasteiger partial charge >= 0.3 is 5.97 Å². The van der Waals surface area contributed by atoms with Crippen LogP contribution in [0.4, 0.5) is 0 Å². The zero-order chi connectivity index (χ0) is 17.7. The summed E-state index contributed by atoms with van der Waals surface area (Å²) in [7, 11) is 0. The predicted molar refractivity (Wildman–Crippen MR) is 98.4 cm³/mol. The van der Waals surface area contributed by atoms with Crippen molar-refractivity contribution >= 4 is 42.1 Å². The summed E-state index contributed by atoms with van der Waals surface area (Å²) in [5.74, 6) is 1.74. The second-order valence-corrected chi connectivity index (χ2v) is 7.65. The molecule has 0 saturated heterocycles. The molecule has 0 aliphatic rings. The fourth-order valence-electron chi connectivity index (χ4n) is 1.47. The van der Waals surface area contributed by atoms with Gasteiger partial charge in [-0.3, -0.25) is 4.79 Å². The minimum absolute atomic E-state index is 0.200. The van der Waals surface area contributed by atoms with Crippen molar-refractivity contribution < 1.29 is 30.0 Å². The lowest BCUT2D eigenvalue weighted by Crippen LogP contribution is -2.29. The molecule has 4 unspecified atom stereocenters. The molecule has 0 aromatic rings. The highest BCUT2D eigenvalue weighted by molar-refractivity contribution is 7.99. The van der Waals surface area contributed by atoms with Crippen molar-refractivity contribution in [3.63, 3.8) is 0 Å². The van der Waals surface area contributed by atoms with Gasteiger partial charge in [0.05, 0.1) is 30.8 Å². The largest absolute Gasteiger partial charge is 0.465 e. The SMILES string of the molecule is CCC(O)C(O)CSCCOC(=O)CCSCC(O)C(O)CS. The molecule has 0 aliphatic heterocycles. The monoisotopic (exact) mass is 388 g/mol. The van der Waals surface area contributed by atoms with Gasteiger partial charge in [-0.15, -0.1) is 0 Å². The molecule has 138 valence electrons. The Hall–Kier alpha value is 0.360. The minimum Gasteiger partial charge on any atom is -0.465 e. The van der Waals surface area contributed by atoms with Crippen LogP contribution in [0.15, 0.2) is 0 Å². The first-order valence-corrected chi connectivity index (χ1v) is 10.5. The van der Waals surface area contributed by atoms with Crippen molar-refractivity contribution in [1.82, 2.24) is 0 Å². The quantitative estimate of drug-likeness (QED) is 0.163. The summed E-state index contributed by atoms with van der Waals surface area (Å²) in [5.41, 5.74) is 0. The maximum absolute atomic E-state index is 11.5. The van der Waals surface area contributed by atoms with E-state index >= 15 is 0 Å². The van der Waals surface area contributed by atoms with Crippen LogP contribution in [-0.2, 0) is 9.53 Å². The van der Waals surface area contributed by atoms with Gasteiger partial charge in [0.1, 0.15) is 6.61 Å². The zero-order valence-corrected chi connectivity index (χ0v) is 15.9. The van der Waals surface area contributed by atoms with Crippen LogP contribution < -0.4 is 0 Å². The zero-order valence-electron chi connectivity index (χ0n) is 13.3. The Morgan fingerprint density at radius 2 is 1.57 bits per heavy atom. The van der Waals surface area contributed by atoms with E-state index in [0.29, 0.717) is 29.4 Å². The van der Waals surface area contributed by atoms with Crippen molar-refractivity contribution in [1.29, 1.82) is 0 Å². The van der Waals surface area contributed by atoms with Gasteiger partial charge < -0.3 is 25.2 Å². The molecule has 0 saturated carbocycles. The number of rotatable bonds is 14. The van der Waals surface area contributed by atoms with Gasteiger partial charge in [-0.05, 0) is 6.42 Å². The Morgan fingerprint density at radius 3 is 2.13 bits per heavy atom. The topological polar surface area (TPSA) is 107 Å². The fourth-order valence-corrected chi connectivity index (χ4v) is 3.48. The second kappa shape index (κ2) is 14.7. The van der Waals surface area contributed by atoms with Crippen molar-refractivity contribution in [3.05, 3.63) is 0 Å². The number of hydrogen-bond acceptors (Lipinski definition) is 9. The Bertz CT molecular complexity index is 308. The molecule has 0 radical (unpaired) electrons. The molecule has 0 aromatic heterocycles. The molecule has 4 atom stereocenters. The smallest absolute Gasteiger partial charge is 0.306 e. The summed E-state index contributed by atoms with van der Waals surface area (Å²) < 4.78 is 5.04. The standard InChI is InChI=1S/C14H28O6S3/c1-2-10(15)12(17)8-23-6-4-20-14(19)3-5-22-9-13(18)11(16)7-21/h10-13,15-18,21H,2-9H2,1H3. The first kappa shape index (κ1) is 23.4. The maximum atomic E-state index is 11.5. The molecular formula is C14H28O6S3. The Labute approximate surface area is 151 Å². The van der Waals surface area contributed by atoms with Crippen LogP contribution in [0.1, 0.15) is 19.8 Å². The number of aliphatic hydroxyl groups is 4. The third-order valence-electron chi connectivity index (χ3n) is 3.01. The van der Waals surface area contributed by atoms with Gasteiger partial charge in [-0.25, -0.2) is 0 Å². The number of thiol groups is 1. The van der Waals surface area contributed by atoms with Crippen LogP contribution in [0.5, 0.6) is 0 Å². The highest BCUT2D eigenvalue weighted by atomic mass is 32.2. The fraction of sp³-hybridized carbons (Fsp3) is 0.929. The molecular weight excluding hydrogens is 360 g/mol. The summed E-state index contributed by atoms with van der Waals surface area (Å²) in [4.78, 5) is 11.5. The Morgan fingerprint density at radius 1 is 1.00 bits per heavy atom. The first-order chi connectivity index (χ1) is 10.9. The van der Waals surface area contributed by atoms with E-state index in [1.807, 2.05) is 0 Å². The van der Waals surface area contributed by atoms with E-state index in [4.69, 9.17) is 4.74 Å². The van der Waals surface area contributed by atoms with Crippen LogP contribution in [0.3, 0.4) is 0 Å². The molecule has 0 aliphatic carbocycles. The van der Waals surface area contributed by atoms with Crippen LogP contribution in [0.2, 0.25) is 0 Å². The Kier molecular flexibility index (Phi) is 14.9. The van der Waals surface area contributed by atoms with Crippen molar-refractivity contribution in [3.8, 4) is 0 Å². The van der Waals surface area contributed by atoms with Crippen LogP contribution in [-0.4, -0.2) is 86.2 Å². The van der Waals surface area contributed by atoms with E-state index < -0.39 is 24.4 Å². The molecule has 0 rings (SSSR count). The van der Waals surface area contributed by atoms with Crippen molar-refractivity contribution in [2.24, 2.45) is 0 Å². The highest BCUT2D eigenvalue weighted by Gasteiger charge is 2.15. The van der Waals surface area contributed by atoms with Crippen molar-refractivity contribution in [2.45, 2.75) is 44.2 Å². The van der Waals surface area contributed by atoms with Crippen LogP contribution >= 0.6 is 36.2 Å². The number of aliphatic hydroxyl groups excluding tert-OH is 4. The lowest BCUT2D eigenvalue weighted by molar-refractivity contribution is -0.142. The molecule has 4 N–H and O–H groups in total. The summed E-state index contributed by atoms with van der Waals surface area (Å²) in [6, 6.07) is 0. The van der Waals surface area contributed by atoms with E-state index in [0.717, 1.165) is 0 Å². The van der Waals surface area contributed by atoms with Gasteiger partial charge in [-0.2, -0.15) is 36.2 Å². The number of ether oxygens (including phenoxy) is 1. The summed E-state index contributed by atoms with van der Waals surface area (Å²) in [6.45, 7) is 2.07. The van der Waals surface area contributed by atoms with E-state index in [1.165, 1.54) is 23.5 Å². The average Bonchev–Trinajstić information content (AvgIpc) is 2.56. The van der Waals surface area contributed by atoms with Gasteiger partial charge in [0.25, 0.3) is 0 Å². The minimum atomic E-state index is -0.851. The first-order valence-electron chi connectivity index (χ1n) is 7.56. The van der Waals surface area contributed by atoms with Gasteiger partial charge in [0, 0.05) is 28.8 Å². The lowest BCUT2D eigenvalue weighted by atomic mass is 10.2. The lowest BCUT2D eigenvalue weighted by Gasteiger charge is -2.15. The Balaban J connectivity index is 3.51. The molecule has 0 aromatic carbocycles. The van der Waals surface area contributed by atoms with Gasteiger partial charge in [0.2, 0.25) is 0 Å². The molecule has 0 spiro atoms. The van der Waals surface area contributed by atoms with Crippen LogP contribution in [0.25, 0.3) is 0 Å². The van der Waals surface area contributed by atoms with E-state index in [1.54, 1.807) is 6.92 Å². The molecule has 9 heteroatoms. The third-order valence-corrected chi connectivity index (χ3v) is 5.49. The molecule has 23 heavy (non-hydrogen) atoms. The maximum Gasteiger partial charge on any atom is 0.306 e. The predicted octanol–water partition coefficient (Wildman–Crippen LogP) is 0.169. The van der Waals surface area contributed by atoms with Gasteiger partial charge in [-0.1, -0.05) is 6.92 Å². The van der Waals surface area contributed by atoms with E-state index in [2.05, 4.69) is 12.6 Å². The highest BCUT2D eigenvalue weighted by Crippen LogP contribution is 2.10. The molecule has 0 amide bonds. The number of hydrogen-bond donors (Lipinski definition) is 5. The number of esters is 1. The van der Waals surface area contributed by atoms with E-state index in [-0.39, 0.29) is 24.7 Å². The number of thioether (sulfide) groups is 2. The van der Waals surface area contributed by atoms with E-state index in [9.17, 15) is 25.2 Å². The molecule has 0 fully saturated rings. The number of carbonyl (C=O) groups is 1. The second-order valence-electron chi connectivity index (χ2n) is 4.98. The number of carbonyl (C=O) groups excluding carboxylic acids is 1. The summed E-state index contributed by atoms with van der Waals surface area (Å²) in [5, 5.41) is 37.8. The molecule has 0 heterocycles.